The number of hydrogen-bond donors (Lipinski definition) is 2. The second-order valence-electron chi connectivity index (χ2n) is 4.26. The lowest BCUT2D eigenvalue weighted by Gasteiger charge is -1.99. The number of aromatic nitrogens is 3. The molecule has 2 N–H and O–H groups in total. The lowest BCUT2D eigenvalue weighted by Crippen LogP contribution is -1.93. The second-order valence-corrected chi connectivity index (χ2v) is 4.26. The van der Waals surface area contributed by atoms with E-state index in [0.717, 1.165) is 17.9 Å². The minimum Gasteiger partial charge on any atom is -0.323 e. The van der Waals surface area contributed by atoms with Crippen LogP contribution < -0.4 is 5.32 Å². The van der Waals surface area contributed by atoms with E-state index in [1.807, 2.05) is 48.5 Å². The monoisotopic (exact) mass is 250 g/mol. The summed E-state index contributed by atoms with van der Waals surface area (Å²) < 4.78 is 0. The summed E-state index contributed by atoms with van der Waals surface area (Å²) in [6.45, 7) is 0. The Hall–Kier alpha value is -2.62. The third-order valence-electron chi connectivity index (χ3n) is 2.78. The summed E-state index contributed by atoms with van der Waals surface area (Å²) >= 11 is 0. The molecule has 0 spiro atoms. The zero-order valence-corrected chi connectivity index (χ0v) is 10.4. The molecule has 0 aliphatic rings. The molecule has 4 nitrogen and oxygen atoms in total. The topological polar surface area (TPSA) is 53.6 Å². The van der Waals surface area contributed by atoms with E-state index in [9.17, 15) is 0 Å². The maximum atomic E-state index is 4.42. The average Bonchev–Trinajstić information content (AvgIpc) is 2.88. The number of aromatic amines is 1. The van der Waals surface area contributed by atoms with Crippen molar-refractivity contribution in [2.45, 2.75) is 6.42 Å². The zero-order valence-electron chi connectivity index (χ0n) is 10.4. The summed E-state index contributed by atoms with van der Waals surface area (Å²) in [5.41, 5.74) is 2.19. The smallest absolute Gasteiger partial charge is 0.246 e. The standard InChI is InChI=1S/C15H14N4/c1-3-7-12(8-4-1)11-14-17-15(19-18-14)16-13-9-5-2-6-10-13/h1-10H,11H2,(H2,16,17,18,19). The highest BCUT2D eigenvalue weighted by Crippen LogP contribution is 2.12. The Morgan fingerprint density at radius 2 is 1.58 bits per heavy atom. The van der Waals surface area contributed by atoms with Crippen molar-refractivity contribution in [3.05, 3.63) is 72.1 Å². The van der Waals surface area contributed by atoms with Gasteiger partial charge in [0.1, 0.15) is 5.82 Å². The van der Waals surface area contributed by atoms with Gasteiger partial charge in [-0.05, 0) is 17.7 Å². The maximum Gasteiger partial charge on any atom is 0.246 e. The molecule has 0 saturated heterocycles. The van der Waals surface area contributed by atoms with E-state index < -0.39 is 0 Å². The molecule has 3 aromatic rings. The van der Waals surface area contributed by atoms with Crippen molar-refractivity contribution in [3.8, 4) is 0 Å². The molecule has 0 unspecified atom stereocenters. The highest BCUT2D eigenvalue weighted by Gasteiger charge is 2.03. The summed E-state index contributed by atoms with van der Waals surface area (Å²) in [6.07, 6.45) is 0.754. The molecule has 1 heterocycles. The predicted molar refractivity (Wildman–Crippen MR) is 75.4 cm³/mol. The van der Waals surface area contributed by atoms with Gasteiger partial charge in [-0.15, -0.1) is 5.10 Å². The number of nitrogens with zero attached hydrogens (tertiary/aromatic N) is 2. The number of benzene rings is 2. The fourth-order valence-electron chi connectivity index (χ4n) is 1.87. The van der Waals surface area contributed by atoms with E-state index >= 15 is 0 Å². The molecule has 0 aliphatic heterocycles. The molecular formula is C15H14N4. The van der Waals surface area contributed by atoms with E-state index in [-0.39, 0.29) is 0 Å². The van der Waals surface area contributed by atoms with Crippen molar-refractivity contribution in [2.24, 2.45) is 0 Å². The average molecular weight is 250 g/mol. The van der Waals surface area contributed by atoms with Crippen LogP contribution in [0.2, 0.25) is 0 Å². The van der Waals surface area contributed by atoms with Crippen LogP contribution in [-0.2, 0) is 6.42 Å². The lowest BCUT2D eigenvalue weighted by atomic mass is 10.1. The highest BCUT2D eigenvalue weighted by molar-refractivity contribution is 5.52. The van der Waals surface area contributed by atoms with E-state index in [1.54, 1.807) is 0 Å². The van der Waals surface area contributed by atoms with Gasteiger partial charge in [-0.1, -0.05) is 48.5 Å². The van der Waals surface area contributed by atoms with Gasteiger partial charge in [-0.3, -0.25) is 5.10 Å². The van der Waals surface area contributed by atoms with Gasteiger partial charge in [0.25, 0.3) is 0 Å². The van der Waals surface area contributed by atoms with Crippen molar-refractivity contribution < 1.29 is 0 Å². The second kappa shape index (κ2) is 5.35. The van der Waals surface area contributed by atoms with Crippen molar-refractivity contribution >= 4 is 11.6 Å². The van der Waals surface area contributed by atoms with Gasteiger partial charge in [-0.2, -0.15) is 4.98 Å². The van der Waals surface area contributed by atoms with Crippen LogP contribution in [0.25, 0.3) is 0 Å². The molecule has 0 aliphatic carbocycles. The Morgan fingerprint density at radius 3 is 2.32 bits per heavy atom. The predicted octanol–water partition coefficient (Wildman–Crippen LogP) is 3.14. The van der Waals surface area contributed by atoms with Crippen molar-refractivity contribution in [3.63, 3.8) is 0 Å². The molecule has 0 fully saturated rings. The zero-order chi connectivity index (χ0) is 12.9. The number of hydrogen-bond acceptors (Lipinski definition) is 3. The largest absolute Gasteiger partial charge is 0.323 e. The summed E-state index contributed by atoms with van der Waals surface area (Å²) in [7, 11) is 0. The van der Waals surface area contributed by atoms with E-state index in [0.29, 0.717) is 5.95 Å². The molecule has 1 aromatic heterocycles. The fraction of sp³-hybridized carbons (Fsp3) is 0.0667. The van der Waals surface area contributed by atoms with Crippen LogP contribution in [0, 0.1) is 0 Å². The molecule has 2 aromatic carbocycles. The summed E-state index contributed by atoms with van der Waals surface area (Å²) in [5, 5.41) is 10.3. The molecule has 0 saturated carbocycles. The Balaban J connectivity index is 1.70. The Bertz CT molecular complexity index is 576. The number of nitrogens with one attached hydrogen (secondary N) is 2. The molecule has 0 atom stereocenters. The normalized spacial score (nSPS) is 10.3. The van der Waals surface area contributed by atoms with Gasteiger partial charge in [0.15, 0.2) is 0 Å². The van der Waals surface area contributed by atoms with Crippen molar-refractivity contribution in [1.82, 2.24) is 15.2 Å². The van der Waals surface area contributed by atoms with E-state index in [2.05, 4.69) is 32.6 Å². The van der Waals surface area contributed by atoms with Crippen molar-refractivity contribution in [1.29, 1.82) is 0 Å². The van der Waals surface area contributed by atoms with Crippen molar-refractivity contribution in [2.75, 3.05) is 5.32 Å². The van der Waals surface area contributed by atoms with E-state index in [1.165, 1.54) is 5.56 Å². The van der Waals surface area contributed by atoms with Crippen LogP contribution in [0.4, 0.5) is 11.6 Å². The molecule has 4 heteroatoms. The lowest BCUT2D eigenvalue weighted by molar-refractivity contribution is 0.973. The summed E-state index contributed by atoms with van der Waals surface area (Å²) in [5.74, 6) is 1.45. The maximum absolute atomic E-state index is 4.42. The number of anilines is 2. The first-order valence-electron chi connectivity index (χ1n) is 6.17. The Morgan fingerprint density at radius 1 is 0.895 bits per heavy atom. The summed E-state index contributed by atoms with van der Waals surface area (Å²) in [6, 6.07) is 20.1. The minimum absolute atomic E-state index is 0.595. The Labute approximate surface area is 111 Å². The molecule has 3 rings (SSSR count). The van der Waals surface area contributed by atoms with Gasteiger partial charge < -0.3 is 5.32 Å². The minimum atomic E-state index is 0.595. The molecule has 19 heavy (non-hydrogen) atoms. The van der Waals surface area contributed by atoms with Gasteiger partial charge in [0.05, 0.1) is 0 Å². The van der Waals surface area contributed by atoms with Gasteiger partial charge >= 0.3 is 0 Å². The molecule has 94 valence electrons. The molecular weight excluding hydrogens is 236 g/mol. The van der Waals surface area contributed by atoms with Gasteiger partial charge in [-0.25, -0.2) is 0 Å². The van der Waals surface area contributed by atoms with Crippen LogP contribution >= 0.6 is 0 Å². The first-order valence-corrected chi connectivity index (χ1v) is 6.17. The van der Waals surface area contributed by atoms with Gasteiger partial charge in [0.2, 0.25) is 5.95 Å². The van der Waals surface area contributed by atoms with Gasteiger partial charge in [0, 0.05) is 12.1 Å². The number of rotatable bonds is 4. The Kier molecular flexibility index (Phi) is 3.23. The van der Waals surface area contributed by atoms with Crippen LogP contribution in [0.5, 0.6) is 0 Å². The van der Waals surface area contributed by atoms with E-state index in [4.69, 9.17) is 0 Å². The first kappa shape index (κ1) is 11.5. The summed E-state index contributed by atoms with van der Waals surface area (Å²) in [4.78, 5) is 4.42. The third-order valence-corrected chi connectivity index (χ3v) is 2.78. The fourth-order valence-corrected chi connectivity index (χ4v) is 1.87. The molecule has 0 bridgehead atoms. The molecule has 0 radical (unpaired) electrons. The SMILES string of the molecule is c1ccc(Cc2nc(Nc3ccccc3)n[nH]2)cc1. The third kappa shape index (κ3) is 2.98. The van der Waals surface area contributed by atoms with Crippen LogP contribution in [0.1, 0.15) is 11.4 Å². The van der Waals surface area contributed by atoms with Crippen LogP contribution in [0.15, 0.2) is 60.7 Å². The molecule has 0 amide bonds. The van der Waals surface area contributed by atoms with Crippen LogP contribution in [-0.4, -0.2) is 15.2 Å². The first-order chi connectivity index (χ1) is 9.40. The highest BCUT2D eigenvalue weighted by atomic mass is 15.3. The number of para-hydroxylation sites is 1. The quantitative estimate of drug-likeness (QED) is 0.748. The van der Waals surface area contributed by atoms with Crippen LogP contribution in [0.3, 0.4) is 0 Å². The number of H-pyrrole nitrogens is 1.